The fourth-order valence-electron chi connectivity index (χ4n) is 3.16. The van der Waals surface area contributed by atoms with E-state index < -0.39 is 0 Å². The van der Waals surface area contributed by atoms with Crippen LogP contribution in [0.1, 0.15) is 84.0 Å². The fraction of sp³-hybridized carbons (Fsp3) is 0.850. The number of aliphatic imine (C=N–C) groups is 1. The predicted molar refractivity (Wildman–Crippen MR) is 103 cm³/mol. The summed E-state index contributed by atoms with van der Waals surface area (Å²) in [7, 11) is 0. The van der Waals surface area contributed by atoms with Gasteiger partial charge in [-0.15, -0.1) is 0 Å². The highest BCUT2D eigenvalue weighted by Gasteiger charge is 2.14. The molecule has 0 aromatic heterocycles. The molecule has 3 heteroatoms. The molecule has 0 atom stereocenters. The molecular formula is C20H39N3. The fourth-order valence-corrected chi connectivity index (χ4v) is 3.16. The molecule has 0 unspecified atom stereocenters. The SMILES string of the molecule is CCCCCCCCC/C=C/CCCCC1=NCCN1CCN. The Bertz CT molecular complexity index is 323. The van der Waals surface area contributed by atoms with E-state index in [0.29, 0.717) is 0 Å². The minimum absolute atomic E-state index is 0.736. The van der Waals surface area contributed by atoms with Crippen molar-refractivity contribution in [3.05, 3.63) is 12.2 Å². The number of unbranched alkanes of at least 4 members (excludes halogenated alkanes) is 9. The van der Waals surface area contributed by atoms with Gasteiger partial charge >= 0.3 is 0 Å². The van der Waals surface area contributed by atoms with Gasteiger partial charge in [-0.05, 0) is 32.1 Å². The van der Waals surface area contributed by atoms with Gasteiger partial charge in [-0.2, -0.15) is 0 Å². The average Bonchev–Trinajstić information content (AvgIpc) is 2.99. The second kappa shape index (κ2) is 14.7. The summed E-state index contributed by atoms with van der Waals surface area (Å²) in [5.74, 6) is 1.29. The largest absolute Gasteiger partial charge is 0.357 e. The first-order chi connectivity index (χ1) is 11.4. The molecule has 0 saturated heterocycles. The molecule has 0 fully saturated rings. The molecular weight excluding hydrogens is 282 g/mol. The Kier molecular flexibility index (Phi) is 13.0. The zero-order chi connectivity index (χ0) is 16.6. The van der Waals surface area contributed by atoms with Gasteiger partial charge in [0.15, 0.2) is 0 Å². The van der Waals surface area contributed by atoms with Crippen LogP contribution in [0.3, 0.4) is 0 Å². The molecule has 1 aliphatic heterocycles. The van der Waals surface area contributed by atoms with E-state index in [9.17, 15) is 0 Å². The molecule has 1 heterocycles. The van der Waals surface area contributed by atoms with Crippen LogP contribution in [0.15, 0.2) is 17.1 Å². The monoisotopic (exact) mass is 321 g/mol. The quantitative estimate of drug-likeness (QED) is 0.344. The third-order valence-electron chi connectivity index (χ3n) is 4.59. The molecule has 2 N–H and O–H groups in total. The number of hydrogen-bond donors (Lipinski definition) is 1. The lowest BCUT2D eigenvalue weighted by molar-refractivity contribution is 0.457. The van der Waals surface area contributed by atoms with Gasteiger partial charge < -0.3 is 10.6 Å². The zero-order valence-corrected chi connectivity index (χ0v) is 15.4. The molecule has 0 aliphatic carbocycles. The van der Waals surface area contributed by atoms with Crippen LogP contribution in [-0.4, -0.2) is 36.9 Å². The normalized spacial score (nSPS) is 14.9. The minimum Gasteiger partial charge on any atom is -0.357 e. The summed E-state index contributed by atoms with van der Waals surface area (Å²) in [4.78, 5) is 6.96. The van der Waals surface area contributed by atoms with Crippen LogP contribution in [-0.2, 0) is 0 Å². The van der Waals surface area contributed by atoms with Crippen LogP contribution in [0.5, 0.6) is 0 Å². The number of amidine groups is 1. The first-order valence-electron chi connectivity index (χ1n) is 10.0. The van der Waals surface area contributed by atoms with Crippen LogP contribution in [0.25, 0.3) is 0 Å². The molecule has 0 aromatic rings. The van der Waals surface area contributed by atoms with Crippen molar-refractivity contribution in [1.82, 2.24) is 4.90 Å². The summed E-state index contributed by atoms with van der Waals surface area (Å²) in [6.07, 6.45) is 20.8. The standard InChI is InChI=1S/C20H39N3/c1-2-3-4-5-6-7-8-9-10-11-12-13-14-15-20-22-17-19-23(20)18-16-21/h10-11H,2-9,12-19,21H2,1H3/b11-10+. The molecule has 1 rings (SSSR count). The predicted octanol–water partition coefficient (Wildman–Crippen LogP) is 4.92. The van der Waals surface area contributed by atoms with Crippen molar-refractivity contribution in [2.45, 2.75) is 84.0 Å². The van der Waals surface area contributed by atoms with Gasteiger partial charge in [0.25, 0.3) is 0 Å². The Labute approximate surface area is 144 Å². The lowest BCUT2D eigenvalue weighted by Gasteiger charge is -2.19. The first-order valence-corrected chi connectivity index (χ1v) is 10.0. The van der Waals surface area contributed by atoms with Crippen molar-refractivity contribution in [2.75, 3.05) is 26.2 Å². The van der Waals surface area contributed by atoms with E-state index in [4.69, 9.17) is 5.73 Å². The molecule has 23 heavy (non-hydrogen) atoms. The molecule has 0 saturated carbocycles. The average molecular weight is 322 g/mol. The van der Waals surface area contributed by atoms with Gasteiger partial charge in [0.1, 0.15) is 0 Å². The molecule has 0 spiro atoms. The lowest BCUT2D eigenvalue weighted by Crippen LogP contribution is -2.32. The zero-order valence-electron chi connectivity index (χ0n) is 15.4. The molecule has 0 bridgehead atoms. The van der Waals surface area contributed by atoms with Crippen molar-refractivity contribution in [3.63, 3.8) is 0 Å². The van der Waals surface area contributed by atoms with Gasteiger partial charge in [0.2, 0.25) is 0 Å². The summed E-state index contributed by atoms with van der Waals surface area (Å²) in [6, 6.07) is 0. The van der Waals surface area contributed by atoms with Crippen LogP contribution in [0.4, 0.5) is 0 Å². The van der Waals surface area contributed by atoms with Crippen LogP contribution in [0.2, 0.25) is 0 Å². The van der Waals surface area contributed by atoms with Crippen molar-refractivity contribution in [2.24, 2.45) is 10.7 Å². The number of allylic oxidation sites excluding steroid dienone is 2. The summed E-state index contributed by atoms with van der Waals surface area (Å²) in [5, 5.41) is 0. The Hall–Kier alpha value is -0.830. The Balaban J connectivity index is 1.87. The summed E-state index contributed by atoms with van der Waals surface area (Å²) < 4.78 is 0. The van der Waals surface area contributed by atoms with E-state index in [0.717, 1.165) is 32.6 Å². The van der Waals surface area contributed by atoms with Gasteiger partial charge in [0.05, 0.1) is 12.4 Å². The minimum atomic E-state index is 0.736. The van der Waals surface area contributed by atoms with Crippen LogP contribution >= 0.6 is 0 Å². The van der Waals surface area contributed by atoms with E-state index in [2.05, 4.69) is 29.0 Å². The molecule has 0 amide bonds. The van der Waals surface area contributed by atoms with Gasteiger partial charge in [0, 0.05) is 26.1 Å². The highest BCUT2D eigenvalue weighted by atomic mass is 15.2. The van der Waals surface area contributed by atoms with Crippen molar-refractivity contribution >= 4 is 5.84 Å². The molecule has 3 nitrogen and oxygen atoms in total. The summed E-state index contributed by atoms with van der Waals surface area (Å²) in [5.41, 5.74) is 5.64. The lowest BCUT2D eigenvalue weighted by atomic mass is 10.1. The van der Waals surface area contributed by atoms with Crippen molar-refractivity contribution < 1.29 is 0 Å². The van der Waals surface area contributed by atoms with Gasteiger partial charge in [-0.1, -0.05) is 57.6 Å². The van der Waals surface area contributed by atoms with Crippen LogP contribution < -0.4 is 5.73 Å². The Morgan fingerprint density at radius 1 is 0.957 bits per heavy atom. The van der Waals surface area contributed by atoms with Crippen LogP contribution in [0, 0.1) is 0 Å². The molecule has 0 aromatic carbocycles. The maximum atomic E-state index is 5.64. The van der Waals surface area contributed by atoms with E-state index in [1.165, 1.54) is 76.5 Å². The Morgan fingerprint density at radius 3 is 2.30 bits per heavy atom. The molecule has 1 aliphatic rings. The number of hydrogen-bond acceptors (Lipinski definition) is 3. The Morgan fingerprint density at radius 2 is 1.61 bits per heavy atom. The number of nitrogens with zero attached hydrogens (tertiary/aromatic N) is 2. The number of nitrogens with two attached hydrogens (primary N) is 1. The first kappa shape index (κ1) is 20.2. The van der Waals surface area contributed by atoms with E-state index >= 15 is 0 Å². The third kappa shape index (κ3) is 10.5. The van der Waals surface area contributed by atoms with E-state index in [1.54, 1.807) is 0 Å². The summed E-state index contributed by atoms with van der Waals surface area (Å²) in [6.45, 7) is 6.03. The second-order valence-corrected chi connectivity index (χ2v) is 6.70. The van der Waals surface area contributed by atoms with E-state index in [1.807, 2.05) is 0 Å². The van der Waals surface area contributed by atoms with Crippen molar-refractivity contribution in [1.29, 1.82) is 0 Å². The van der Waals surface area contributed by atoms with Crippen molar-refractivity contribution in [3.8, 4) is 0 Å². The topological polar surface area (TPSA) is 41.6 Å². The van der Waals surface area contributed by atoms with Gasteiger partial charge in [-0.3, -0.25) is 4.99 Å². The molecule has 0 radical (unpaired) electrons. The number of rotatable bonds is 15. The third-order valence-corrected chi connectivity index (χ3v) is 4.59. The van der Waals surface area contributed by atoms with E-state index in [-0.39, 0.29) is 0 Å². The van der Waals surface area contributed by atoms with Gasteiger partial charge in [-0.25, -0.2) is 0 Å². The highest BCUT2D eigenvalue weighted by Crippen LogP contribution is 2.11. The smallest absolute Gasteiger partial charge is 0.0990 e. The highest BCUT2D eigenvalue weighted by molar-refractivity contribution is 5.83. The maximum absolute atomic E-state index is 5.64. The maximum Gasteiger partial charge on any atom is 0.0990 e. The second-order valence-electron chi connectivity index (χ2n) is 6.70. The molecule has 134 valence electrons. The summed E-state index contributed by atoms with van der Waals surface area (Å²) >= 11 is 0.